The number of carbonyl (C=O) groups is 1. The van der Waals surface area contributed by atoms with Gasteiger partial charge >= 0.3 is 6.09 Å². The molecule has 5 nitrogen and oxygen atoms in total. The lowest BCUT2D eigenvalue weighted by Crippen LogP contribution is -2.57. The van der Waals surface area contributed by atoms with Crippen molar-refractivity contribution < 1.29 is 14.6 Å². The number of aliphatic hydroxyl groups excluding tert-OH is 1. The van der Waals surface area contributed by atoms with Crippen LogP contribution in [0.25, 0.3) is 0 Å². The number of hydrogen-bond acceptors (Lipinski definition) is 4. The van der Waals surface area contributed by atoms with Crippen LogP contribution in [0, 0.1) is 5.92 Å². The van der Waals surface area contributed by atoms with Crippen LogP contribution in [-0.4, -0.2) is 48.4 Å². The van der Waals surface area contributed by atoms with Crippen LogP contribution in [0.4, 0.5) is 4.79 Å². The van der Waals surface area contributed by atoms with E-state index in [0.29, 0.717) is 25.6 Å². The minimum absolute atomic E-state index is 0.173. The maximum atomic E-state index is 11.9. The molecule has 1 atom stereocenters. The highest BCUT2D eigenvalue weighted by molar-refractivity contribution is 5.68. The van der Waals surface area contributed by atoms with Crippen LogP contribution >= 0.6 is 0 Å². The van der Waals surface area contributed by atoms with E-state index < -0.39 is 0 Å². The Kier molecular flexibility index (Phi) is 6.02. The van der Waals surface area contributed by atoms with E-state index in [-0.39, 0.29) is 18.7 Å². The molecule has 0 spiro atoms. The highest BCUT2D eigenvalue weighted by atomic mass is 16.6. The van der Waals surface area contributed by atoms with Gasteiger partial charge in [-0.1, -0.05) is 37.3 Å². The van der Waals surface area contributed by atoms with Crippen LogP contribution in [0.3, 0.4) is 0 Å². The number of aliphatic hydroxyl groups is 1. The first-order valence-corrected chi connectivity index (χ1v) is 7.54. The van der Waals surface area contributed by atoms with Gasteiger partial charge in [0.25, 0.3) is 0 Å². The van der Waals surface area contributed by atoms with Crippen LogP contribution < -0.4 is 5.32 Å². The van der Waals surface area contributed by atoms with E-state index in [0.717, 1.165) is 18.5 Å². The van der Waals surface area contributed by atoms with Gasteiger partial charge < -0.3 is 20.1 Å². The summed E-state index contributed by atoms with van der Waals surface area (Å²) < 4.78 is 5.30. The normalized spacial score (nSPS) is 16.4. The third kappa shape index (κ3) is 4.44. The van der Waals surface area contributed by atoms with Crippen molar-refractivity contribution >= 4 is 6.09 Å². The molecule has 1 saturated heterocycles. The summed E-state index contributed by atoms with van der Waals surface area (Å²) >= 11 is 0. The molecule has 0 unspecified atom stereocenters. The van der Waals surface area contributed by atoms with Crippen molar-refractivity contribution in [3.8, 4) is 0 Å². The average molecular weight is 292 g/mol. The summed E-state index contributed by atoms with van der Waals surface area (Å²) in [6.45, 7) is 4.81. The number of benzene rings is 1. The van der Waals surface area contributed by atoms with Crippen molar-refractivity contribution in [1.29, 1.82) is 0 Å². The average Bonchev–Trinajstić information content (AvgIpc) is 2.45. The molecule has 1 aromatic rings. The van der Waals surface area contributed by atoms with Crippen LogP contribution in [0.15, 0.2) is 30.3 Å². The summed E-state index contributed by atoms with van der Waals surface area (Å²) in [4.78, 5) is 13.6. The maximum Gasteiger partial charge on any atom is 0.410 e. The van der Waals surface area contributed by atoms with Gasteiger partial charge in [0.15, 0.2) is 0 Å². The molecule has 0 aliphatic carbocycles. The topological polar surface area (TPSA) is 61.8 Å². The Balaban J connectivity index is 1.72. The molecule has 21 heavy (non-hydrogen) atoms. The number of amides is 1. The summed E-state index contributed by atoms with van der Waals surface area (Å²) in [5.74, 6) is 0.404. The van der Waals surface area contributed by atoms with Crippen LogP contribution in [0.1, 0.15) is 18.9 Å². The lowest BCUT2D eigenvalue weighted by molar-refractivity contribution is 0.0344. The van der Waals surface area contributed by atoms with Gasteiger partial charge in [0.05, 0.1) is 0 Å². The van der Waals surface area contributed by atoms with E-state index in [1.807, 2.05) is 30.3 Å². The molecule has 0 saturated carbocycles. The molecule has 0 bridgehead atoms. The molecule has 1 heterocycles. The Morgan fingerprint density at radius 1 is 1.43 bits per heavy atom. The van der Waals surface area contributed by atoms with Crippen molar-refractivity contribution in [2.24, 2.45) is 5.92 Å². The van der Waals surface area contributed by atoms with Gasteiger partial charge in [0.2, 0.25) is 0 Å². The Bertz CT molecular complexity index is 426. The van der Waals surface area contributed by atoms with E-state index >= 15 is 0 Å². The predicted octanol–water partition coefficient (Wildman–Crippen LogP) is 1.62. The fourth-order valence-electron chi connectivity index (χ4n) is 2.63. The van der Waals surface area contributed by atoms with E-state index in [2.05, 4.69) is 12.2 Å². The van der Waals surface area contributed by atoms with Crippen LogP contribution in [-0.2, 0) is 11.3 Å². The molecule has 1 aliphatic rings. The largest absolute Gasteiger partial charge is 0.445 e. The number of hydrogen-bond donors (Lipinski definition) is 2. The first-order chi connectivity index (χ1) is 10.2. The molecule has 1 amide bonds. The molecular formula is C16H24N2O3. The first-order valence-electron chi connectivity index (χ1n) is 7.54. The molecule has 2 N–H and O–H groups in total. The first kappa shape index (κ1) is 15.8. The van der Waals surface area contributed by atoms with Crippen LogP contribution in [0.2, 0.25) is 0 Å². The molecule has 5 heteroatoms. The standard InChI is InChI=1S/C16H24N2O3/c1-2-17-15(8-9-19)14-10-18(11-14)16(20)21-12-13-6-4-3-5-7-13/h3-7,14-15,17,19H,2,8-12H2,1H3/t15-/m1/s1. The quantitative estimate of drug-likeness (QED) is 0.801. The number of likely N-dealkylation sites (tertiary alicyclic amines) is 1. The molecule has 1 aliphatic heterocycles. The third-order valence-corrected chi connectivity index (χ3v) is 3.85. The van der Waals surface area contributed by atoms with Gasteiger partial charge in [0.1, 0.15) is 6.61 Å². The molecule has 0 radical (unpaired) electrons. The maximum absolute atomic E-state index is 11.9. The van der Waals surface area contributed by atoms with Crippen molar-refractivity contribution in [3.63, 3.8) is 0 Å². The lowest BCUT2D eigenvalue weighted by atomic mass is 9.90. The minimum Gasteiger partial charge on any atom is -0.445 e. The highest BCUT2D eigenvalue weighted by Crippen LogP contribution is 2.22. The third-order valence-electron chi connectivity index (χ3n) is 3.85. The summed E-state index contributed by atoms with van der Waals surface area (Å²) in [5.41, 5.74) is 0.994. The molecule has 0 aromatic heterocycles. The summed E-state index contributed by atoms with van der Waals surface area (Å²) in [6, 6.07) is 9.95. The Hall–Kier alpha value is -1.59. The molecule has 1 fully saturated rings. The van der Waals surface area contributed by atoms with Gasteiger partial charge in [-0.05, 0) is 18.5 Å². The number of carbonyl (C=O) groups excluding carboxylic acids is 1. The van der Waals surface area contributed by atoms with E-state index in [1.165, 1.54) is 0 Å². The zero-order chi connectivity index (χ0) is 15.1. The van der Waals surface area contributed by atoms with Crippen LogP contribution in [0.5, 0.6) is 0 Å². The monoisotopic (exact) mass is 292 g/mol. The second-order valence-corrected chi connectivity index (χ2v) is 5.38. The Morgan fingerprint density at radius 3 is 2.76 bits per heavy atom. The number of rotatable bonds is 7. The molecular weight excluding hydrogens is 268 g/mol. The van der Waals surface area contributed by atoms with Crippen molar-refractivity contribution in [3.05, 3.63) is 35.9 Å². The summed E-state index contributed by atoms with van der Waals surface area (Å²) in [7, 11) is 0. The number of nitrogens with zero attached hydrogens (tertiary/aromatic N) is 1. The Labute approximate surface area is 125 Å². The fourth-order valence-corrected chi connectivity index (χ4v) is 2.63. The highest BCUT2D eigenvalue weighted by Gasteiger charge is 2.36. The second kappa shape index (κ2) is 8.00. The minimum atomic E-state index is -0.255. The predicted molar refractivity (Wildman–Crippen MR) is 80.9 cm³/mol. The summed E-state index contributed by atoms with van der Waals surface area (Å²) in [5, 5.41) is 12.4. The lowest BCUT2D eigenvalue weighted by Gasteiger charge is -2.42. The zero-order valence-corrected chi connectivity index (χ0v) is 12.5. The van der Waals surface area contributed by atoms with Crippen molar-refractivity contribution in [2.75, 3.05) is 26.2 Å². The summed E-state index contributed by atoms with van der Waals surface area (Å²) in [6.07, 6.45) is 0.472. The number of ether oxygens (including phenoxy) is 1. The van der Waals surface area contributed by atoms with Gasteiger partial charge in [-0.15, -0.1) is 0 Å². The molecule has 1 aromatic carbocycles. The SMILES string of the molecule is CCN[C@H](CCO)C1CN(C(=O)OCc2ccccc2)C1. The van der Waals surface area contributed by atoms with Gasteiger partial charge in [-0.2, -0.15) is 0 Å². The molecule has 2 rings (SSSR count). The van der Waals surface area contributed by atoms with E-state index in [9.17, 15) is 4.79 Å². The van der Waals surface area contributed by atoms with E-state index in [1.54, 1.807) is 4.90 Å². The zero-order valence-electron chi connectivity index (χ0n) is 12.5. The Morgan fingerprint density at radius 2 is 2.14 bits per heavy atom. The van der Waals surface area contributed by atoms with Gasteiger partial charge in [0, 0.05) is 31.7 Å². The van der Waals surface area contributed by atoms with Crippen molar-refractivity contribution in [1.82, 2.24) is 10.2 Å². The van der Waals surface area contributed by atoms with Gasteiger partial charge in [-0.25, -0.2) is 4.79 Å². The fraction of sp³-hybridized carbons (Fsp3) is 0.562. The molecule has 116 valence electrons. The number of nitrogens with one attached hydrogen (secondary N) is 1. The van der Waals surface area contributed by atoms with Gasteiger partial charge in [-0.3, -0.25) is 0 Å². The van der Waals surface area contributed by atoms with E-state index in [4.69, 9.17) is 9.84 Å². The van der Waals surface area contributed by atoms with Crippen molar-refractivity contribution in [2.45, 2.75) is 26.0 Å². The second-order valence-electron chi connectivity index (χ2n) is 5.38. The smallest absolute Gasteiger partial charge is 0.410 e.